The molecule has 0 fully saturated rings. The second-order valence-electron chi connectivity index (χ2n) is 4.64. The third-order valence-electron chi connectivity index (χ3n) is 2.88. The Balaban J connectivity index is 1.89. The van der Waals surface area contributed by atoms with Crippen molar-refractivity contribution < 1.29 is 17.6 Å². The Morgan fingerprint density at radius 2 is 1.87 bits per heavy atom. The van der Waals surface area contributed by atoms with E-state index in [2.05, 4.69) is 10.0 Å². The van der Waals surface area contributed by atoms with Crippen molar-refractivity contribution in [2.45, 2.75) is 11.3 Å². The lowest BCUT2D eigenvalue weighted by Crippen LogP contribution is -2.28. The largest absolute Gasteiger partial charge is 0.326 e. The van der Waals surface area contributed by atoms with Crippen molar-refractivity contribution in [1.29, 1.82) is 0 Å². The molecule has 0 atom stereocenters. The van der Waals surface area contributed by atoms with Crippen molar-refractivity contribution in [3.05, 3.63) is 59.4 Å². The SMILES string of the molecule is O=C(CCNS(=O)(=O)c1ccccc1Cl)Nc1cccc(F)c1. The van der Waals surface area contributed by atoms with E-state index in [1.807, 2.05) is 0 Å². The van der Waals surface area contributed by atoms with Crippen LogP contribution in [0.4, 0.5) is 10.1 Å². The number of rotatable bonds is 6. The highest BCUT2D eigenvalue weighted by atomic mass is 35.5. The molecule has 2 rings (SSSR count). The van der Waals surface area contributed by atoms with Crippen molar-refractivity contribution >= 4 is 33.2 Å². The summed E-state index contributed by atoms with van der Waals surface area (Å²) in [5.74, 6) is -0.903. The number of anilines is 1. The van der Waals surface area contributed by atoms with Crippen molar-refractivity contribution in [3.63, 3.8) is 0 Å². The van der Waals surface area contributed by atoms with Crippen LogP contribution in [0, 0.1) is 5.82 Å². The summed E-state index contributed by atoms with van der Waals surface area (Å²) in [6, 6.07) is 11.4. The number of halogens is 2. The van der Waals surface area contributed by atoms with Gasteiger partial charge in [-0.25, -0.2) is 17.5 Å². The summed E-state index contributed by atoms with van der Waals surface area (Å²) in [6.07, 6.45) is -0.0970. The second kappa shape index (κ2) is 7.54. The maximum Gasteiger partial charge on any atom is 0.242 e. The van der Waals surface area contributed by atoms with E-state index in [1.165, 1.54) is 36.4 Å². The summed E-state index contributed by atoms with van der Waals surface area (Å²) < 4.78 is 39.4. The zero-order valence-electron chi connectivity index (χ0n) is 11.9. The molecule has 0 saturated carbocycles. The Labute approximate surface area is 138 Å². The van der Waals surface area contributed by atoms with Crippen LogP contribution < -0.4 is 10.0 Å². The molecule has 0 aromatic heterocycles. The van der Waals surface area contributed by atoms with Crippen LogP contribution in [0.3, 0.4) is 0 Å². The van der Waals surface area contributed by atoms with Gasteiger partial charge in [0.2, 0.25) is 15.9 Å². The van der Waals surface area contributed by atoms with Crippen molar-refractivity contribution in [3.8, 4) is 0 Å². The molecule has 2 aromatic rings. The van der Waals surface area contributed by atoms with E-state index in [1.54, 1.807) is 12.1 Å². The van der Waals surface area contributed by atoms with Crippen LogP contribution in [0.2, 0.25) is 5.02 Å². The average Bonchev–Trinajstić information content (AvgIpc) is 2.47. The lowest BCUT2D eigenvalue weighted by atomic mass is 10.3. The maximum absolute atomic E-state index is 13.0. The second-order valence-corrected chi connectivity index (χ2v) is 6.78. The van der Waals surface area contributed by atoms with E-state index >= 15 is 0 Å². The molecule has 0 unspecified atom stereocenters. The number of carbonyl (C=O) groups excluding carboxylic acids is 1. The molecule has 1 amide bonds. The molecule has 5 nitrogen and oxygen atoms in total. The Bertz CT molecular complexity index is 812. The normalized spacial score (nSPS) is 11.2. The van der Waals surface area contributed by atoms with Crippen LogP contribution in [0.15, 0.2) is 53.4 Å². The van der Waals surface area contributed by atoms with Gasteiger partial charge < -0.3 is 5.32 Å². The number of hydrogen-bond donors (Lipinski definition) is 2. The molecule has 8 heteroatoms. The fourth-order valence-electron chi connectivity index (χ4n) is 1.83. The highest BCUT2D eigenvalue weighted by Gasteiger charge is 2.17. The topological polar surface area (TPSA) is 75.3 Å². The molecule has 0 saturated heterocycles. The van der Waals surface area contributed by atoms with Crippen molar-refractivity contribution in [2.24, 2.45) is 0 Å². The molecule has 0 radical (unpaired) electrons. The molecule has 0 aliphatic heterocycles. The number of sulfonamides is 1. The highest BCUT2D eigenvalue weighted by Crippen LogP contribution is 2.20. The lowest BCUT2D eigenvalue weighted by Gasteiger charge is -2.08. The van der Waals surface area contributed by atoms with Gasteiger partial charge in [-0.3, -0.25) is 4.79 Å². The Kier molecular flexibility index (Phi) is 5.70. The summed E-state index contributed by atoms with van der Waals surface area (Å²) in [5.41, 5.74) is 0.309. The molecule has 0 bridgehead atoms. The molecule has 23 heavy (non-hydrogen) atoms. The number of carbonyl (C=O) groups is 1. The van der Waals surface area contributed by atoms with Crippen molar-refractivity contribution in [1.82, 2.24) is 4.72 Å². The summed E-state index contributed by atoms with van der Waals surface area (Å²) in [7, 11) is -3.79. The van der Waals surface area contributed by atoms with Gasteiger partial charge in [-0.05, 0) is 30.3 Å². The summed E-state index contributed by atoms with van der Waals surface area (Å²) >= 11 is 5.84. The highest BCUT2D eigenvalue weighted by molar-refractivity contribution is 7.89. The molecular weight excluding hydrogens is 343 g/mol. The summed E-state index contributed by atoms with van der Waals surface area (Å²) in [4.78, 5) is 11.7. The number of hydrogen-bond acceptors (Lipinski definition) is 3. The predicted molar refractivity (Wildman–Crippen MR) is 86.3 cm³/mol. The van der Waals surface area contributed by atoms with E-state index in [9.17, 15) is 17.6 Å². The number of nitrogens with one attached hydrogen (secondary N) is 2. The standard InChI is InChI=1S/C15H14ClFN2O3S/c16-13-6-1-2-7-14(13)23(21,22)18-9-8-15(20)19-12-5-3-4-11(17)10-12/h1-7,10,18H,8-9H2,(H,19,20). The van der Waals surface area contributed by atoms with Gasteiger partial charge in [-0.1, -0.05) is 29.8 Å². The third kappa shape index (κ3) is 5.02. The molecular formula is C15H14ClFN2O3S. The van der Waals surface area contributed by atoms with Gasteiger partial charge in [-0.15, -0.1) is 0 Å². The van der Waals surface area contributed by atoms with Gasteiger partial charge in [0.25, 0.3) is 0 Å². The average molecular weight is 357 g/mol. The van der Waals surface area contributed by atoms with Crippen LogP contribution in [-0.4, -0.2) is 20.9 Å². The fraction of sp³-hybridized carbons (Fsp3) is 0.133. The molecule has 2 aromatic carbocycles. The van der Waals surface area contributed by atoms with Crippen LogP contribution >= 0.6 is 11.6 Å². The van der Waals surface area contributed by atoms with Crippen LogP contribution in [0.5, 0.6) is 0 Å². The van der Waals surface area contributed by atoms with Gasteiger partial charge in [-0.2, -0.15) is 0 Å². The van der Waals surface area contributed by atoms with Crippen LogP contribution in [0.1, 0.15) is 6.42 Å². The van der Waals surface area contributed by atoms with Crippen LogP contribution in [-0.2, 0) is 14.8 Å². The Morgan fingerprint density at radius 1 is 1.13 bits per heavy atom. The van der Waals surface area contributed by atoms with Gasteiger partial charge in [0, 0.05) is 18.7 Å². The monoisotopic (exact) mass is 356 g/mol. The summed E-state index contributed by atoms with van der Waals surface area (Å²) in [6.45, 7) is -0.102. The lowest BCUT2D eigenvalue weighted by molar-refractivity contribution is -0.116. The van der Waals surface area contributed by atoms with Gasteiger partial charge in [0.15, 0.2) is 0 Å². The first-order chi connectivity index (χ1) is 10.9. The van der Waals surface area contributed by atoms with E-state index in [4.69, 9.17) is 11.6 Å². The van der Waals surface area contributed by atoms with Crippen molar-refractivity contribution in [2.75, 3.05) is 11.9 Å². The molecule has 0 aliphatic carbocycles. The molecule has 122 valence electrons. The first-order valence-electron chi connectivity index (χ1n) is 6.68. The minimum absolute atomic E-state index is 0.0489. The van der Waals surface area contributed by atoms with Gasteiger partial charge >= 0.3 is 0 Å². The Morgan fingerprint density at radius 3 is 2.57 bits per heavy atom. The summed E-state index contributed by atoms with van der Waals surface area (Å²) in [5, 5.41) is 2.58. The molecule has 2 N–H and O–H groups in total. The first kappa shape index (κ1) is 17.4. The quantitative estimate of drug-likeness (QED) is 0.835. The minimum Gasteiger partial charge on any atom is -0.326 e. The van der Waals surface area contributed by atoms with E-state index in [0.29, 0.717) is 5.69 Å². The van der Waals surface area contributed by atoms with E-state index in [0.717, 1.165) is 0 Å². The van der Waals surface area contributed by atoms with Gasteiger partial charge in [0.05, 0.1) is 5.02 Å². The smallest absolute Gasteiger partial charge is 0.242 e. The van der Waals surface area contributed by atoms with Crippen LogP contribution in [0.25, 0.3) is 0 Å². The minimum atomic E-state index is -3.79. The molecule has 0 heterocycles. The zero-order valence-corrected chi connectivity index (χ0v) is 13.5. The maximum atomic E-state index is 13.0. The number of amides is 1. The third-order valence-corrected chi connectivity index (χ3v) is 4.84. The Hall–Kier alpha value is -1.96. The van der Waals surface area contributed by atoms with Gasteiger partial charge in [0.1, 0.15) is 10.7 Å². The molecule has 0 aliphatic rings. The fourth-order valence-corrected chi connectivity index (χ4v) is 3.38. The van der Waals surface area contributed by atoms with E-state index < -0.39 is 21.7 Å². The number of benzene rings is 2. The zero-order chi connectivity index (χ0) is 16.9. The first-order valence-corrected chi connectivity index (χ1v) is 8.54. The predicted octanol–water partition coefficient (Wildman–Crippen LogP) is 2.79. The van der Waals surface area contributed by atoms with E-state index in [-0.39, 0.29) is 22.9 Å². The molecule has 0 spiro atoms.